The molecule has 1 aromatic heterocycles. The fourth-order valence-electron chi connectivity index (χ4n) is 3.79. The van der Waals surface area contributed by atoms with Crippen LogP contribution in [0.5, 0.6) is 0 Å². The Hall–Kier alpha value is -1.47. The van der Waals surface area contributed by atoms with Crippen molar-refractivity contribution < 1.29 is 4.52 Å². The van der Waals surface area contributed by atoms with Crippen LogP contribution in [0.25, 0.3) is 11.5 Å². The number of hydrogen-bond donors (Lipinski definition) is 1. The first kappa shape index (κ1) is 19.3. The van der Waals surface area contributed by atoms with E-state index in [0.717, 1.165) is 64.0 Å². The first-order valence-electron chi connectivity index (χ1n) is 9.26. The van der Waals surface area contributed by atoms with Crippen molar-refractivity contribution in [1.82, 2.24) is 19.9 Å². The van der Waals surface area contributed by atoms with Gasteiger partial charge in [0.1, 0.15) is 0 Å². The number of halogens is 1. The van der Waals surface area contributed by atoms with Gasteiger partial charge in [0.15, 0.2) is 5.82 Å². The third-order valence-electron chi connectivity index (χ3n) is 5.57. The van der Waals surface area contributed by atoms with Crippen molar-refractivity contribution in [2.75, 3.05) is 33.2 Å². The minimum atomic E-state index is -0.400. The van der Waals surface area contributed by atoms with Crippen LogP contribution in [0.2, 0.25) is 0 Å². The Morgan fingerprint density at radius 1 is 1.08 bits per heavy atom. The van der Waals surface area contributed by atoms with E-state index in [9.17, 15) is 0 Å². The molecular weight excluding hydrogens is 350 g/mol. The van der Waals surface area contributed by atoms with Gasteiger partial charge in [-0.2, -0.15) is 4.98 Å². The van der Waals surface area contributed by atoms with Crippen LogP contribution in [-0.4, -0.2) is 53.2 Å². The van der Waals surface area contributed by atoms with Crippen molar-refractivity contribution in [2.45, 2.75) is 37.8 Å². The van der Waals surface area contributed by atoms with Gasteiger partial charge in [0, 0.05) is 38.3 Å². The summed E-state index contributed by atoms with van der Waals surface area (Å²) in [5.74, 6) is 1.22. The average Bonchev–Trinajstić information content (AvgIpc) is 3.28. The fraction of sp³-hybridized carbons (Fsp3) is 0.579. The molecule has 2 aliphatic rings. The van der Waals surface area contributed by atoms with Crippen molar-refractivity contribution >= 4 is 12.4 Å². The number of likely N-dealkylation sites (N-methyl/N-ethyl adjacent to an activating group) is 1. The molecule has 0 atom stereocenters. The quantitative estimate of drug-likeness (QED) is 0.883. The molecule has 1 aliphatic carbocycles. The summed E-state index contributed by atoms with van der Waals surface area (Å²) in [6.45, 7) is 5.54. The highest BCUT2D eigenvalue weighted by molar-refractivity contribution is 5.85. The second-order valence-electron chi connectivity index (χ2n) is 7.56. The van der Waals surface area contributed by atoms with Crippen molar-refractivity contribution in [2.24, 2.45) is 5.73 Å². The number of piperazine rings is 1. The third kappa shape index (κ3) is 4.09. The predicted octanol–water partition coefficient (Wildman–Crippen LogP) is 2.63. The molecular formula is C19H28ClN5O. The maximum atomic E-state index is 6.42. The number of benzene rings is 1. The molecule has 142 valence electrons. The molecule has 2 fully saturated rings. The maximum absolute atomic E-state index is 6.42. The molecule has 2 N–H and O–H groups in total. The van der Waals surface area contributed by atoms with Crippen LogP contribution >= 0.6 is 12.4 Å². The Morgan fingerprint density at radius 2 is 1.73 bits per heavy atom. The molecule has 26 heavy (non-hydrogen) atoms. The van der Waals surface area contributed by atoms with Crippen molar-refractivity contribution in [3.8, 4) is 11.5 Å². The SMILES string of the molecule is CN1CCN(Cc2ccc(-c3nc(C4(N)CCCC4)no3)cc2)CC1.Cl. The van der Waals surface area contributed by atoms with Gasteiger partial charge >= 0.3 is 0 Å². The van der Waals surface area contributed by atoms with Crippen LogP contribution < -0.4 is 5.73 Å². The molecule has 1 aliphatic heterocycles. The number of nitrogens with zero attached hydrogens (tertiary/aromatic N) is 4. The summed E-state index contributed by atoms with van der Waals surface area (Å²) in [4.78, 5) is 9.44. The van der Waals surface area contributed by atoms with E-state index >= 15 is 0 Å². The molecule has 0 radical (unpaired) electrons. The van der Waals surface area contributed by atoms with Crippen molar-refractivity contribution in [1.29, 1.82) is 0 Å². The zero-order valence-electron chi connectivity index (χ0n) is 15.4. The highest BCUT2D eigenvalue weighted by Gasteiger charge is 2.36. The highest BCUT2D eigenvalue weighted by atomic mass is 35.5. The number of nitrogens with two attached hydrogens (primary N) is 1. The Labute approximate surface area is 161 Å². The van der Waals surface area contributed by atoms with Gasteiger partial charge in [-0.15, -0.1) is 12.4 Å². The van der Waals surface area contributed by atoms with Gasteiger partial charge in [0.25, 0.3) is 5.89 Å². The standard InChI is InChI=1S/C19H27N5O.ClH/c1-23-10-12-24(13-11-23)14-15-4-6-16(7-5-15)17-21-18(22-25-17)19(20)8-2-3-9-19;/h4-7H,2-3,8-14,20H2,1H3;1H. The fourth-order valence-corrected chi connectivity index (χ4v) is 3.79. The van der Waals surface area contributed by atoms with Gasteiger partial charge in [-0.25, -0.2) is 0 Å². The zero-order valence-corrected chi connectivity index (χ0v) is 16.2. The smallest absolute Gasteiger partial charge is 0.257 e. The van der Waals surface area contributed by atoms with Crippen molar-refractivity contribution in [3.63, 3.8) is 0 Å². The second kappa shape index (κ2) is 8.05. The summed E-state index contributed by atoms with van der Waals surface area (Å²) in [5.41, 5.74) is 8.30. The summed E-state index contributed by atoms with van der Waals surface area (Å²) < 4.78 is 5.47. The topological polar surface area (TPSA) is 71.4 Å². The molecule has 0 unspecified atom stereocenters. The molecule has 7 heteroatoms. The minimum Gasteiger partial charge on any atom is -0.334 e. The van der Waals surface area contributed by atoms with Crippen LogP contribution in [0.4, 0.5) is 0 Å². The van der Waals surface area contributed by atoms with E-state index in [1.54, 1.807) is 0 Å². The summed E-state index contributed by atoms with van der Waals surface area (Å²) >= 11 is 0. The number of hydrogen-bond acceptors (Lipinski definition) is 6. The monoisotopic (exact) mass is 377 g/mol. The minimum absolute atomic E-state index is 0. The van der Waals surface area contributed by atoms with E-state index in [4.69, 9.17) is 10.3 Å². The molecule has 4 rings (SSSR count). The van der Waals surface area contributed by atoms with Crippen LogP contribution in [0, 0.1) is 0 Å². The molecule has 1 saturated carbocycles. The number of aromatic nitrogens is 2. The molecule has 0 bridgehead atoms. The van der Waals surface area contributed by atoms with Gasteiger partial charge < -0.3 is 15.2 Å². The maximum Gasteiger partial charge on any atom is 0.257 e. The van der Waals surface area contributed by atoms with Gasteiger partial charge in [-0.3, -0.25) is 4.90 Å². The summed E-state index contributed by atoms with van der Waals surface area (Å²) in [5, 5.41) is 4.15. The molecule has 0 spiro atoms. The van der Waals surface area contributed by atoms with E-state index in [0.29, 0.717) is 11.7 Å². The molecule has 0 amide bonds. The molecule has 2 aromatic rings. The lowest BCUT2D eigenvalue weighted by Gasteiger charge is -2.32. The molecule has 2 heterocycles. The normalized spacial score (nSPS) is 20.8. The Bertz CT molecular complexity index is 703. The summed E-state index contributed by atoms with van der Waals surface area (Å²) in [7, 11) is 2.18. The number of rotatable bonds is 4. The van der Waals surface area contributed by atoms with Crippen molar-refractivity contribution in [3.05, 3.63) is 35.7 Å². The van der Waals surface area contributed by atoms with Gasteiger partial charge in [-0.1, -0.05) is 30.1 Å². The lowest BCUT2D eigenvalue weighted by Crippen LogP contribution is -2.43. The largest absolute Gasteiger partial charge is 0.334 e. The van der Waals surface area contributed by atoms with E-state index in [-0.39, 0.29) is 12.4 Å². The Balaban J connectivity index is 0.00000196. The second-order valence-corrected chi connectivity index (χ2v) is 7.56. The Morgan fingerprint density at radius 3 is 2.38 bits per heavy atom. The van der Waals surface area contributed by atoms with E-state index < -0.39 is 5.54 Å². The summed E-state index contributed by atoms with van der Waals surface area (Å²) in [6, 6.07) is 8.46. The van der Waals surface area contributed by atoms with Gasteiger partial charge in [0.2, 0.25) is 0 Å². The van der Waals surface area contributed by atoms with E-state index in [1.807, 2.05) is 0 Å². The zero-order chi connectivity index (χ0) is 17.3. The summed E-state index contributed by atoms with van der Waals surface area (Å²) in [6.07, 6.45) is 4.16. The third-order valence-corrected chi connectivity index (χ3v) is 5.57. The highest BCUT2D eigenvalue weighted by Crippen LogP contribution is 2.35. The van der Waals surface area contributed by atoms with E-state index in [2.05, 4.69) is 51.3 Å². The van der Waals surface area contributed by atoms with Crippen LogP contribution in [0.15, 0.2) is 28.8 Å². The Kier molecular flexibility index (Phi) is 5.97. The average molecular weight is 378 g/mol. The van der Waals surface area contributed by atoms with Gasteiger partial charge in [-0.05, 0) is 37.6 Å². The molecule has 6 nitrogen and oxygen atoms in total. The van der Waals surface area contributed by atoms with Gasteiger partial charge in [0.05, 0.1) is 5.54 Å². The van der Waals surface area contributed by atoms with Crippen LogP contribution in [0.1, 0.15) is 37.1 Å². The predicted molar refractivity (Wildman–Crippen MR) is 104 cm³/mol. The lowest BCUT2D eigenvalue weighted by atomic mass is 9.98. The van der Waals surface area contributed by atoms with Crippen LogP contribution in [-0.2, 0) is 12.1 Å². The molecule has 1 aromatic carbocycles. The molecule has 1 saturated heterocycles. The lowest BCUT2D eigenvalue weighted by molar-refractivity contribution is 0.148. The first-order valence-corrected chi connectivity index (χ1v) is 9.26. The first-order chi connectivity index (χ1) is 12.1. The van der Waals surface area contributed by atoms with Crippen LogP contribution in [0.3, 0.4) is 0 Å². The van der Waals surface area contributed by atoms with E-state index in [1.165, 1.54) is 5.56 Å².